The highest BCUT2D eigenvalue weighted by Crippen LogP contribution is 2.16. The maximum atomic E-state index is 11.9. The maximum absolute atomic E-state index is 11.9. The van der Waals surface area contributed by atoms with Crippen molar-refractivity contribution >= 4 is 5.91 Å². The summed E-state index contributed by atoms with van der Waals surface area (Å²) in [6, 6.07) is 0. The Morgan fingerprint density at radius 3 is 2.88 bits per heavy atom. The predicted molar refractivity (Wildman–Crippen MR) is 62.2 cm³/mol. The van der Waals surface area contributed by atoms with Crippen molar-refractivity contribution in [2.75, 3.05) is 26.3 Å². The van der Waals surface area contributed by atoms with Crippen molar-refractivity contribution in [2.24, 2.45) is 0 Å². The normalized spacial score (nSPS) is 20.0. The minimum Gasteiger partial charge on any atom is -0.395 e. The van der Waals surface area contributed by atoms with Gasteiger partial charge in [-0.25, -0.2) is 0 Å². The van der Waals surface area contributed by atoms with Crippen LogP contribution in [-0.2, 0) is 9.53 Å². The summed E-state index contributed by atoms with van der Waals surface area (Å²) in [4.78, 5) is 13.7. The van der Waals surface area contributed by atoms with Crippen LogP contribution in [-0.4, -0.2) is 48.3 Å². The SMILES string of the molecule is CCCCN(CCO)C(=O)CC1CCCO1. The van der Waals surface area contributed by atoms with Crippen molar-refractivity contribution in [3.8, 4) is 0 Å². The number of nitrogens with zero attached hydrogens (tertiary/aromatic N) is 1. The van der Waals surface area contributed by atoms with Crippen molar-refractivity contribution in [3.63, 3.8) is 0 Å². The Kier molecular flexibility index (Phi) is 6.42. The smallest absolute Gasteiger partial charge is 0.225 e. The Labute approximate surface area is 97.6 Å². The van der Waals surface area contributed by atoms with Crippen LogP contribution in [0.5, 0.6) is 0 Å². The van der Waals surface area contributed by atoms with E-state index in [-0.39, 0.29) is 18.6 Å². The third kappa shape index (κ3) is 4.49. The van der Waals surface area contributed by atoms with Crippen molar-refractivity contribution < 1.29 is 14.6 Å². The number of ether oxygens (including phenoxy) is 1. The van der Waals surface area contributed by atoms with Gasteiger partial charge < -0.3 is 14.7 Å². The zero-order chi connectivity index (χ0) is 11.8. The highest BCUT2D eigenvalue weighted by atomic mass is 16.5. The van der Waals surface area contributed by atoms with E-state index in [0.717, 1.165) is 38.8 Å². The average molecular weight is 229 g/mol. The van der Waals surface area contributed by atoms with Crippen LogP contribution in [0.25, 0.3) is 0 Å². The van der Waals surface area contributed by atoms with Gasteiger partial charge in [-0.3, -0.25) is 4.79 Å². The Morgan fingerprint density at radius 2 is 2.31 bits per heavy atom. The van der Waals surface area contributed by atoms with E-state index in [0.29, 0.717) is 13.0 Å². The maximum Gasteiger partial charge on any atom is 0.225 e. The van der Waals surface area contributed by atoms with Crippen molar-refractivity contribution in [3.05, 3.63) is 0 Å². The number of rotatable bonds is 7. The summed E-state index contributed by atoms with van der Waals surface area (Å²) in [5.41, 5.74) is 0. The number of aliphatic hydroxyl groups excluding tert-OH is 1. The number of hydrogen-bond donors (Lipinski definition) is 1. The lowest BCUT2D eigenvalue weighted by Crippen LogP contribution is -2.36. The zero-order valence-corrected chi connectivity index (χ0v) is 10.2. The van der Waals surface area contributed by atoms with Gasteiger partial charge in [0.05, 0.1) is 19.1 Å². The molecule has 0 radical (unpaired) electrons. The molecule has 1 rings (SSSR count). The molecule has 1 fully saturated rings. The van der Waals surface area contributed by atoms with E-state index in [1.165, 1.54) is 0 Å². The Bertz CT molecular complexity index is 202. The fraction of sp³-hybridized carbons (Fsp3) is 0.917. The summed E-state index contributed by atoms with van der Waals surface area (Å²) in [5.74, 6) is 0.120. The van der Waals surface area contributed by atoms with Gasteiger partial charge in [-0.1, -0.05) is 13.3 Å². The molecule has 0 saturated carbocycles. The molecule has 1 heterocycles. The fourth-order valence-electron chi connectivity index (χ4n) is 1.96. The van der Waals surface area contributed by atoms with Crippen LogP contribution in [0.4, 0.5) is 0 Å². The van der Waals surface area contributed by atoms with Crippen LogP contribution >= 0.6 is 0 Å². The van der Waals surface area contributed by atoms with Crippen molar-refractivity contribution in [1.29, 1.82) is 0 Å². The minimum atomic E-state index is 0.0426. The van der Waals surface area contributed by atoms with E-state index < -0.39 is 0 Å². The molecule has 4 nitrogen and oxygen atoms in total. The molecule has 1 atom stereocenters. The number of carbonyl (C=O) groups excluding carboxylic acids is 1. The molecular formula is C12H23NO3. The van der Waals surface area contributed by atoms with Crippen LogP contribution in [0.2, 0.25) is 0 Å². The van der Waals surface area contributed by atoms with Gasteiger partial charge in [0.25, 0.3) is 0 Å². The van der Waals surface area contributed by atoms with Gasteiger partial charge >= 0.3 is 0 Å². The summed E-state index contributed by atoms with van der Waals surface area (Å²) < 4.78 is 5.45. The number of aliphatic hydroxyl groups is 1. The first kappa shape index (κ1) is 13.5. The molecule has 0 aromatic heterocycles. The van der Waals surface area contributed by atoms with Crippen molar-refractivity contribution in [2.45, 2.75) is 45.1 Å². The van der Waals surface area contributed by atoms with E-state index in [1.54, 1.807) is 4.90 Å². The van der Waals surface area contributed by atoms with Crippen molar-refractivity contribution in [1.82, 2.24) is 4.90 Å². The Hall–Kier alpha value is -0.610. The molecule has 1 aliphatic heterocycles. The average Bonchev–Trinajstić information content (AvgIpc) is 2.76. The third-order valence-corrected chi connectivity index (χ3v) is 2.93. The van der Waals surface area contributed by atoms with Gasteiger partial charge in [-0.05, 0) is 19.3 Å². The third-order valence-electron chi connectivity index (χ3n) is 2.93. The quantitative estimate of drug-likeness (QED) is 0.713. The summed E-state index contributed by atoms with van der Waals surface area (Å²) in [7, 11) is 0. The molecule has 94 valence electrons. The molecule has 0 aromatic rings. The second kappa shape index (κ2) is 7.63. The monoisotopic (exact) mass is 229 g/mol. The number of unbranched alkanes of at least 4 members (excludes halogenated alkanes) is 1. The van der Waals surface area contributed by atoms with Crippen LogP contribution in [0.3, 0.4) is 0 Å². The minimum absolute atomic E-state index is 0.0426. The van der Waals surface area contributed by atoms with Gasteiger partial charge in [0, 0.05) is 19.7 Å². The standard InChI is InChI=1S/C12H23NO3/c1-2-3-6-13(7-8-14)12(15)10-11-5-4-9-16-11/h11,14H,2-10H2,1H3. The molecular weight excluding hydrogens is 206 g/mol. The molecule has 16 heavy (non-hydrogen) atoms. The first-order valence-electron chi connectivity index (χ1n) is 6.28. The molecule has 0 aliphatic carbocycles. The first-order chi connectivity index (χ1) is 7.77. The van der Waals surface area contributed by atoms with Crippen LogP contribution in [0.1, 0.15) is 39.0 Å². The fourth-order valence-corrected chi connectivity index (χ4v) is 1.96. The zero-order valence-electron chi connectivity index (χ0n) is 10.2. The molecule has 1 unspecified atom stereocenters. The van der Waals surface area contributed by atoms with E-state index in [9.17, 15) is 4.79 Å². The lowest BCUT2D eigenvalue weighted by atomic mass is 10.1. The molecule has 1 N–H and O–H groups in total. The van der Waals surface area contributed by atoms with Gasteiger partial charge in [-0.2, -0.15) is 0 Å². The summed E-state index contributed by atoms with van der Waals surface area (Å²) in [5, 5.41) is 8.92. The topological polar surface area (TPSA) is 49.8 Å². The Morgan fingerprint density at radius 1 is 1.50 bits per heavy atom. The van der Waals surface area contributed by atoms with E-state index in [1.807, 2.05) is 0 Å². The predicted octanol–water partition coefficient (Wildman–Crippen LogP) is 1.18. The molecule has 0 aromatic carbocycles. The number of carbonyl (C=O) groups is 1. The number of amides is 1. The van der Waals surface area contributed by atoms with Crippen LogP contribution in [0.15, 0.2) is 0 Å². The molecule has 1 aliphatic rings. The molecule has 0 bridgehead atoms. The van der Waals surface area contributed by atoms with Crippen LogP contribution < -0.4 is 0 Å². The highest BCUT2D eigenvalue weighted by Gasteiger charge is 2.22. The molecule has 1 saturated heterocycles. The van der Waals surface area contributed by atoms with E-state index in [4.69, 9.17) is 9.84 Å². The Balaban J connectivity index is 2.32. The second-order valence-electron chi connectivity index (χ2n) is 4.30. The van der Waals surface area contributed by atoms with E-state index >= 15 is 0 Å². The molecule has 0 spiro atoms. The lowest BCUT2D eigenvalue weighted by Gasteiger charge is -2.23. The van der Waals surface area contributed by atoms with Gasteiger partial charge in [0.15, 0.2) is 0 Å². The second-order valence-corrected chi connectivity index (χ2v) is 4.30. The molecule has 1 amide bonds. The highest BCUT2D eigenvalue weighted by molar-refractivity contribution is 5.76. The summed E-state index contributed by atoms with van der Waals surface area (Å²) >= 11 is 0. The van der Waals surface area contributed by atoms with Gasteiger partial charge in [0.1, 0.15) is 0 Å². The summed E-state index contributed by atoms with van der Waals surface area (Å²) in [6.45, 7) is 4.13. The largest absolute Gasteiger partial charge is 0.395 e. The first-order valence-corrected chi connectivity index (χ1v) is 6.28. The van der Waals surface area contributed by atoms with Gasteiger partial charge in [0.2, 0.25) is 5.91 Å². The summed E-state index contributed by atoms with van der Waals surface area (Å²) in [6.07, 6.45) is 4.70. The lowest BCUT2D eigenvalue weighted by molar-refractivity contribution is -0.134. The van der Waals surface area contributed by atoms with E-state index in [2.05, 4.69) is 6.92 Å². The number of hydrogen-bond acceptors (Lipinski definition) is 3. The van der Waals surface area contributed by atoms with Gasteiger partial charge in [-0.15, -0.1) is 0 Å². The molecule has 4 heteroatoms. The van der Waals surface area contributed by atoms with Crippen LogP contribution in [0, 0.1) is 0 Å².